The van der Waals surface area contributed by atoms with Gasteiger partial charge in [-0.05, 0) is 115 Å². The molecular weight excluding hydrogens is 376 g/mol. The predicted molar refractivity (Wildman–Crippen MR) is 130 cm³/mol. The van der Waals surface area contributed by atoms with Crippen LogP contribution in [0.15, 0.2) is 0 Å². The standard InChI is InChI=1S/C30H50O/c1-19-11-14-27(5)17-18-29(7)21(25(27)20(19)2)9-10-23-28(6)15-13-24(31)26(3,4)22(28)12-16-30(23,29)8/h19-23,25H,9-18H2,1-8H3/t19-,20+,21-,22?,23-,25+,27-,28+,29-,30-/m1/s1. The lowest BCUT2D eigenvalue weighted by Crippen LogP contribution is -2.67. The van der Waals surface area contributed by atoms with Crippen molar-refractivity contribution in [1.29, 1.82) is 0 Å². The molecule has 0 aromatic heterocycles. The summed E-state index contributed by atoms with van der Waals surface area (Å²) in [6.07, 6.45) is 13.3. The Balaban J connectivity index is 1.54. The number of carbonyl (C=O) groups excluding carboxylic acids is 1. The topological polar surface area (TPSA) is 17.1 Å². The summed E-state index contributed by atoms with van der Waals surface area (Å²) in [7, 11) is 0. The molecule has 0 aromatic carbocycles. The van der Waals surface area contributed by atoms with Gasteiger partial charge in [0.15, 0.2) is 0 Å². The van der Waals surface area contributed by atoms with Gasteiger partial charge in [0.05, 0.1) is 0 Å². The van der Waals surface area contributed by atoms with Gasteiger partial charge in [0.1, 0.15) is 5.78 Å². The zero-order valence-electron chi connectivity index (χ0n) is 21.9. The van der Waals surface area contributed by atoms with Crippen molar-refractivity contribution in [3.8, 4) is 0 Å². The molecule has 0 amide bonds. The fourth-order valence-electron chi connectivity index (χ4n) is 11.5. The second-order valence-corrected chi connectivity index (χ2v) is 14.9. The van der Waals surface area contributed by atoms with Crippen LogP contribution in [-0.2, 0) is 4.79 Å². The summed E-state index contributed by atoms with van der Waals surface area (Å²) >= 11 is 0. The third-order valence-electron chi connectivity index (χ3n) is 13.8. The molecule has 0 spiro atoms. The van der Waals surface area contributed by atoms with E-state index in [-0.39, 0.29) is 5.41 Å². The number of fused-ring (bicyclic) bond motifs is 7. The average molecular weight is 427 g/mol. The molecule has 0 bridgehead atoms. The molecule has 31 heavy (non-hydrogen) atoms. The van der Waals surface area contributed by atoms with Crippen LogP contribution in [0.4, 0.5) is 0 Å². The maximum atomic E-state index is 12.9. The Kier molecular flexibility index (Phi) is 4.80. The molecule has 0 radical (unpaired) electrons. The average Bonchev–Trinajstić information content (AvgIpc) is 2.69. The van der Waals surface area contributed by atoms with Crippen LogP contribution < -0.4 is 0 Å². The molecule has 5 saturated carbocycles. The van der Waals surface area contributed by atoms with E-state index in [0.29, 0.717) is 33.4 Å². The third-order valence-corrected chi connectivity index (χ3v) is 13.8. The van der Waals surface area contributed by atoms with Crippen LogP contribution >= 0.6 is 0 Å². The molecule has 10 atom stereocenters. The Morgan fingerprint density at radius 2 is 1.42 bits per heavy atom. The third kappa shape index (κ3) is 2.65. The molecule has 0 aromatic rings. The zero-order chi connectivity index (χ0) is 22.6. The van der Waals surface area contributed by atoms with Gasteiger partial charge >= 0.3 is 0 Å². The molecule has 1 nitrogen and oxygen atoms in total. The van der Waals surface area contributed by atoms with E-state index in [1.807, 2.05) is 0 Å². The van der Waals surface area contributed by atoms with Crippen LogP contribution in [0, 0.1) is 62.6 Å². The Bertz CT molecular complexity index is 766. The molecule has 0 heterocycles. The van der Waals surface area contributed by atoms with E-state index in [0.717, 1.165) is 42.4 Å². The molecule has 0 N–H and O–H groups in total. The fraction of sp³-hybridized carbons (Fsp3) is 0.967. The second kappa shape index (κ2) is 6.63. The Morgan fingerprint density at radius 1 is 0.710 bits per heavy atom. The van der Waals surface area contributed by atoms with Crippen molar-refractivity contribution >= 4 is 5.78 Å². The summed E-state index contributed by atoms with van der Waals surface area (Å²) in [6.45, 7) is 20.5. The smallest absolute Gasteiger partial charge is 0.138 e. The van der Waals surface area contributed by atoms with Gasteiger partial charge in [0.2, 0.25) is 0 Å². The minimum Gasteiger partial charge on any atom is -0.299 e. The van der Waals surface area contributed by atoms with Crippen molar-refractivity contribution in [3.63, 3.8) is 0 Å². The fourth-order valence-corrected chi connectivity index (χ4v) is 11.5. The molecular formula is C30H50O. The van der Waals surface area contributed by atoms with Crippen LogP contribution in [0.3, 0.4) is 0 Å². The Labute approximate surface area is 192 Å². The molecule has 0 saturated heterocycles. The van der Waals surface area contributed by atoms with Gasteiger partial charge in [-0.3, -0.25) is 4.79 Å². The Morgan fingerprint density at radius 3 is 2.13 bits per heavy atom. The van der Waals surface area contributed by atoms with E-state index in [2.05, 4.69) is 55.4 Å². The largest absolute Gasteiger partial charge is 0.299 e. The van der Waals surface area contributed by atoms with Gasteiger partial charge in [-0.2, -0.15) is 0 Å². The van der Waals surface area contributed by atoms with Crippen molar-refractivity contribution in [1.82, 2.24) is 0 Å². The molecule has 5 rings (SSSR count). The number of hydrogen-bond donors (Lipinski definition) is 0. The van der Waals surface area contributed by atoms with Gasteiger partial charge in [-0.15, -0.1) is 0 Å². The number of ketones is 1. The van der Waals surface area contributed by atoms with Crippen molar-refractivity contribution in [2.75, 3.05) is 0 Å². The van der Waals surface area contributed by atoms with Crippen LogP contribution in [0.2, 0.25) is 0 Å². The van der Waals surface area contributed by atoms with E-state index < -0.39 is 0 Å². The first-order chi connectivity index (χ1) is 14.3. The van der Waals surface area contributed by atoms with Crippen LogP contribution in [0.5, 0.6) is 0 Å². The van der Waals surface area contributed by atoms with Crippen LogP contribution in [-0.4, -0.2) is 5.78 Å². The van der Waals surface area contributed by atoms with Gasteiger partial charge in [-0.25, -0.2) is 0 Å². The summed E-state index contributed by atoms with van der Waals surface area (Å²) < 4.78 is 0. The summed E-state index contributed by atoms with van der Waals surface area (Å²) in [5.41, 5.74) is 1.74. The van der Waals surface area contributed by atoms with E-state index in [9.17, 15) is 4.79 Å². The van der Waals surface area contributed by atoms with Crippen molar-refractivity contribution in [2.45, 2.75) is 120 Å². The number of rotatable bonds is 0. The maximum absolute atomic E-state index is 12.9. The summed E-state index contributed by atoms with van der Waals surface area (Å²) in [4.78, 5) is 12.9. The minimum absolute atomic E-state index is 0.120. The molecule has 0 aliphatic heterocycles. The molecule has 5 fully saturated rings. The molecule has 5 aliphatic rings. The van der Waals surface area contributed by atoms with E-state index >= 15 is 0 Å². The number of Topliss-reactive ketones (excluding diaryl/α,β-unsaturated/α-hetero) is 1. The monoisotopic (exact) mass is 426 g/mol. The van der Waals surface area contributed by atoms with Crippen LogP contribution in [0.25, 0.3) is 0 Å². The molecule has 1 unspecified atom stereocenters. The Hall–Kier alpha value is -0.330. The van der Waals surface area contributed by atoms with Crippen molar-refractivity contribution < 1.29 is 4.79 Å². The lowest BCUT2D eigenvalue weighted by molar-refractivity contribution is -0.244. The molecule has 5 aliphatic carbocycles. The highest BCUT2D eigenvalue weighted by Crippen LogP contribution is 2.76. The van der Waals surface area contributed by atoms with E-state index in [1.54, 1.807) is 0 Å². The number of carbonyl (C=O) groups is 1. The maximum Gasteiger partial charge on any atom is 0.138 e. The highest BCUT2D eigenvalue weighted by Gasteiger charge is 2.69. The lowest BCUT2D eigenvalue weighted by atomic mass is 9.31. The van der Waals surface area contributed by atoms with Gasteiger partial charge in [0, 0.05) is 11.8 Å². The minimum atomic E-state index is -0.120. The molecule has 1 heteroatoms. The predicted octanol–water partition coefficient (Wildman–Crippen LogP) is 8.31. The van der Waals surface area contributed by atoms with E-state index in [1.165, 1.54) is 51.4 Å². The summed E-state index contributed by atoms with van der Waals surface area (Å²) in [6, 6.07) is 0. The SMILES string of the molecule is C[C@@H]1[C@H]2[C@H]3CC[C@@H]4[C@@]5(C)CCC(=O)C(C)(C)C5CC[C@@]4(C)[C@]3(C)CC[C@@]2(C)CC[C@H]1C. The number of hydrogen-bond acceptors (Lipinski definition) is 1. The van der Waals surface area contributed by atoms with E-state index in [4.69, 9.17) is 0 Å². The van der Waals surface area contributed by atoms with Crippen molar-refractivity contribution in [3.05, 3.63) is 0 Å². The molecule has 176 valence electrons. The quantitative estimate of drug-likeness (QED) is 0.380. The highest BCUT2D eigenvalue weighted by molar-refractivity contribution is 5.85. The highest BCUT2D eigenvalue weighted by atomic mass is 16.1. The normalized spacial score (nSPS) is 58.5. The lowest BCUT2D eigenvalue weighted by Gasteiger charge is -2.73. The summed E-state index contributed by atoms with van der Waals surface area (Å²) in [5.74, 6) is 5.52. The first kappa shape index (κ1) is 22.5. The summed E-state index contributed by atoms with van der Waals surface area (Å²) in [5, 5.41) is 0. The first-order valence-corrected chi connectivity index (χ1v) is 13.8. The second-order valence-electron chi connectivity index (χ2n) is 14.9. The van der Waals surface area contributed by atoms with Crippen LogP contribution in [0.1, 0.15) is 120 Å². The van der Waals surface area contributed by atoms with Crippen molar-refractivity contribution in [2.24, 2.45) is 62.6 Å². The first-order valence-electron chi connectivity index (χ1n) is 13.8. The van der Waals surface area contributed by atoms with Gasteiger partial charge in [-0.1, -0.05) is 55.4 Å². The van der Waals surface area contributed by atoms with Gasteiger partial charge < -0.3 is 0 Å². The zero-order valence-corrected chi connectivity index (χ0v) is 21.9. The van der Waals surface area contributed by atoms with Gasteiger partial charge in [0.25, 0.3) is 0 Å².